The zero-order valence-corrected chi connectivity index (χ0v) is 12.1. The van der Waals surface area contributed by atoms with E-state index in [2.05, 4.69) is 10.1 Å². The molecule has 2 aromatic heterocycles. The number of benzene rings is 1. The van der Waals surface area contributed by atoms with Crippen LogP contribution in [-0.4, -0.2) is 19.3 Å². The fourth-order valence-electron chi connectivity index (χ4n) is 2.38. The van der Waals surface area contributed by atoms with Crippen molar-refractivity contribution in [3.05, 3.63) is 51.2 Å². The lowest BCUT2D eigenvalue weighted by Gasteiger charge is -2.09. The molecule has 0 bridgehead atoms. The molecular formula is C14H13ClN4O. The van der Waals surface area contributed by atoms with Crippen LogP contribution in [0.2, 0.25) is 5.02 Å². The van der Waals surface area contributed by atoms with Gasteiger partial charge in [0.15, 0.2) is 5.52 Å². The van der Waals surface area contributed by atoms with Gasteiger partial charge >= 0.3 is 0 Å². The highest BCUT2D eigenvalue weighted by Gasteiger charge is 2.15. The molecule has 3 aromatic rings. The smallest absolute Gasteiger partial charge is 0.266 e. The van der Waals surface area contributed by atoms with Gasteiger partial charge in [0.1, 0.15) is 11.3 Å². The van der Waals surface area contributed by atoms with E-state index in [0.29, 0.717) is 21.9 Å². The van der Waals surface area contributed by atoms with Gasteiger partial charge in [-0.2, -0.15) is 5.10 Å². The minimum Gasteiger partial charge on any atom is -0.266 e. The average molecular weight is 289 g/mol. The van der Waals surface area contributed by atoms with E-state index in [1.54, 1.807) is 40.6 Å². The van der Waals surface area contributed by atoms with Crippen molar-refractivity contribution in [1.82, 2.24) is 19.3 Å². The van der Waals surface area contributed by atoms with Crippen molar-refractivity contribution >= 4 is 22.6 Å². The molecule has 0 unspecified atom stereocenters. The summed E-state index contributed by atoms with van der Waals surface area (Å²) in [6.07, 6.45) is 0. The molecule has 0 aliphatic carbocycles. The van der Waals surface area contributed by atoms with Gasteiger partial charge < -0.3 is 0 Å². The van der Waals surface area contributed by atoms with Crippen LogP contribution in [0.1, 0.15) is 11.5 Å². The number of rotatable bonds is 1. The molecule has 0 saturated carbocycles. The fourth-order valence-corrected chi connectivity index (χ4v) is 2.51. The quantitative estimate of drug-likeness (QED) is 0.691. The molecule has 20 heavy (non-hydrogen) atoms. The highest BCUT2D eigenvalue weighted by Crippen LogP contribution is 2.16. The maximum absolute atomic E-state index is 12.7. The molecule has 1 aromatic carbocycles. The Bertz CT molecular complexity index is 861. The third-order valence-corrected chi connectivity index (χ3v) is 3.53. The summed E-state index contributed by atoms with van der Waals surface area (Å²) in [5.74, 6) is 0.626. The summed E-state index contributed by atoms with van der Waals surface area (Å²) in [7, 11) is 1.75. The van der Waals surface area contributed by atoms with E-state index in [9.17, 15) is 4.79 Å². The second-order valence-electron chi connectivity index (χ2n) is 4.68. The Morgan fingerprint density at radius 1 is 1.15 bits per heavy atom. The minimum absolute atomic E-state index is 0.127. The summed E-state index contributed by atoms with van der Waals surface area (Å²) in [5, 5.41) is 4.89. The Labute approximate surface area is 120 Å². The van der Waals surface area contributed by atoms with Crippen LogP contribution in [0.25, 0.3) is 16.7 Å². The summed E-state index contributed by atoms with van der Waals surface area (Å²) in [4.78, 5) is 17.2. The summed E-state index contributed by atoms with van der Waals surface area (Å²) in [6, 6.07) is 7.10. The van der Waals surface area contributed by atoms with Gasteiger partial charge in [-0.1, -0.05) is 11.6 Å². The first-order chi connectivity index (χ1) is 9.49. The van der Waals surface area contributed by atoms with Crippen LogP contribution in [-0.2, 0) is 7.05 Å². The monoisotopic (exact) mass is 288 g/mol. The van der Waals surface area contributed by atoms with Crippen LogP contribution >= 0.6 is 11.6 Å². The van der Waals surface area contributed by atoms with Crippen molar-refractivity contribution in [2.75, 3.05) is 0 Å². The Hall–Kier alpha value is -2.14. The SMILES string of the molecule is Cc1nn(C)c2c(=O)n(-c3ccc(Cl)cc3)c(C)nc12. The molecule has 5 nitrogen and oxygen atoms in total. The summed E-state index contributed by atoms with van der Waals surface area (Å²) in [6.45, 7) is 3.66. The number of hydrogen-bond acceptors (Lipinski definition) is 3. The number of nitrogens with zero attached hydrogens (tertiary/aromatic N) is 4. The van der Waals surface area contributed by atoms with Crippen molar-refractivity contribution in [3.8, 4) is 5.69 Å². The maximum atomic E-state index is 12.7. The molecule has 0 atom stereocenters. The van der Waals surface area contributed by atoms with E-state index < -0.39 is 0 Å². The van der Waals surface area contributed by atoms with E-state index in [0.717, 1.165) is 11.4 Å². The van der Waals surface area contributed by atoms with Crippen molar-refractivity contribution < 1.29 is 0 Å². The Morgan fingerprint density at radius 3 is 2.45 bits per heavy atom. The molecule has 0 radical (unpaired) electrons. The Kier molecular flexibility index (Phi) is 2.87. The molecule has 0 saturated heterocycles. The number of halogens is 1. The molecule has 0 aliphatic heterocycles. The summed E-state index contributed by atoms with van der Waals surface area (Å²) < 4.78 is 3.14. The second kappa shape index (κ2) is 4.45. The first-order valence-corrected chi connectivity index (χ1v) is 6.55. The highest BCUT2D eigenvalue weighted by atomic mass is 35.5. The lowest BCUT2D eigenvalue weighted by Crippen LogP contribution is -2.23. The molecule has 0 fully saturated rings. The largest absolute Gasteiger partial charge is 0.284 e. The van der Waals surface area contributed by atoms with Crippen LogP contribution in [0, 0.1) is 13.8 Å². The van der Waals surface area contributed by atoms with E-state index >= 15 is 0 Å². The van der Waals surface area contributed by atoms with Crippen LogP contribution in [0.5, 0.6) is 0 Å². The van der Waals surface area contributed by atoms with Crippen molar-refractivity contribution in [3.63, 3.8) is 0 Å². The number of hydrogen-bond donors (Lipinski definition) is 0. The molecule has 2 heterocycles. The molecule has 6 heteroatoms. The third kappa shape index (κ3) is 1.82. The first kappa shape index (κ1) is 12.9. The summed E-state index contributed by atoms with van der Waals surface area (Å²) in [5.41, 5.74) is 2.53. The van der Waals surface area contributed by atoms with Crippen LogP contribution in [0.3, 0.4) is 0 Å². The Balaban J connectivity index is 2.39. The van der Waals surface area contributed by atoms with Gasteiger partial charge in [0.05, 0.1) is 11.4 Å². The zero-order valence-electron chi connectivity index (χ0n) is 11.4. The highest BCUT2D eigenvalue weighted by molar-refractivity contribution is 6.30. The number of fused-ring (bicyclic) bond motifs is 1. The number of aromatic nitrogens is 4. The normalized spacial score (nSPS) is 11.2. The third-order valence-electron chi connectivity index (χ3n) is 3.28. The van der Waals surface area contributed by atoms with Gasteiger partial charge in [0.25, 0.3) is 5.56 Å². The molecule has 0 aliphatic rings. The van der Waals surface area contributed by atoms with E-state index in [1.807, 2.05) is 13.8 Å². The van der Waals surface area contributed by atoms with Crippen LogP contribution in [0.15, 0.2) is 29.1 Å². The maximum Gasteiger partial charge on any atom is 0.284 e. The predicted molar refractivity (Wildman–Crippen MR) is 78.6 cm³/mol. The molecule has 0 N–H and O–H groups in total. The van der Waals surface area contributed by atoms with E-state index in [1.165, 1.54) is 0 Å². The minimum atomic E-state index is -0.127. The van der Waals surface area contributed by atoms with Crippen LogP contribution < -0.4 is 5.56 Å². The number of aryl methyl sites for hydroxylation is 3. The van der Waals surface area contributed by atoms with Gasteiger partial charge in [-0.3, -0.25) is 14.0 Å². The predicted octanol–water partition coefficient (Wildman–Crippen LogP) is 2.39. The van der Waals surface area contributed by atoms with Gasteiger partial charge in [0.2, 0.25) is 0 Å². The Morgan fingerprint density at radius 2 is 1.80 bits per heavy atom. The van der Waals surface area contributed by atoms with Crippen molar-refractivity contribution in [2.24, 2.45) is 7.05 Å². The van der Waals surface area contributed by atoms with Crippen LogP contribution in [0.4, 0.5) is 0 Å². The molecule has 3 rings (SSSR count). The van der Waals surface area contributed by atoms with E-state index in [4.69, 9.17) is 11.6 Å². The fraction of sp³-hybridized carbons (Fsp3) is 0.214. The lowest BCUT2D eigenvalue weighted by molar-refractivity contribution is 0.773. The van der Waals surface area contributed by atoms with Gasteiger partial charge in [-0.15, -0.1) is 0 Å². The summed E-state index contributed by atoms with van der Waals surface area (Å²) >= 11 is 5.89. The topological polar surface area (TPSA) is 52.7 Å². The van der Waals surface area contributed by atoms with Gasteiger partial charge in [0, 0.05) is 12.1 Å². The van der Waals surface area contributed by atoms with Crippen molar-refractivity contribution in [2.45, 2.75) is 13.8 Å². The second-order valence-corrected chi connectivity index (χ2v) is 5.12. The van der Waals surface area contributed by atoms with Crippen molar-refractivity contribution in [1.29, 1.82) is 0 Å². The molecule has 102 valence electrons. The standard InChI is InChI=1S/C14H13ClN4O/c1-8-12-13(18(3)17-8)14(20)19(9(2)16-12)11-6-4-10(15)5-7-11/h4-7H,1-3H3. The molecule has 0 spiro atoms. The molecule has 0 amide bonds. The first-order valence-electron chi connectivity index (χ1n) is 6.18. The lowest BCUT2D eigenvalue weighted by atomic mass is 10.3. The van der Waals surface area contributed by atoms with E-state index in [-0.39, 0.29) is 5.56 Å². The average Bonchev–Trinajstić information content (AvgIpc) is 2.67. The zero-order chi connectivity index (χ0) is 14.4. The molecular weight excluding hydrogens is 276 g/mol. The van der Waals surface area contributed by atoms with Gasteiger partial charge in [-0.05, 0) is 38.1 Å². The van der Waals surface area contributed by atoms with Gasteiger partial charge in [-0.25, -0.2) is 4.98 Å².